The van der Waals surface area contributed by atoms with Crippen LogP contribution in [0.1, 0.15) is 0 Å². The van der Waals surface area contributed by atoms with Crippen LogP contribution in [0.2, 0.25) is 5.02 Å². The Labute approximate surface area is 256 Å². The summed E-state index contributed by atoms with van der Waals surface area (Å²) >= 11 is 6.39. The van der Waals surface area contributed by atoms with Crippen LogP contribution in [0.3, 0.4) is 0 Å². The van der Waals surface area contributed by atoms with Crippen LogP contribution in [0.25, 0.3) is 0 Å². The zero-order valence-electron chi connectivity index (χ0n) is 24.4. The fraction of sp³-hybridized carbons (Fsp3) is 0.321. The highest BCUT2D eigenvalue weighted by Gasteiger charge is 2.24. The quantitative estimate of drug-likeness (QED) is 0.207. The van der Waals surface area contributed by atoms with Gasteiger partial charge in [-0.3, -0.25) is 9.69 Å². The SMILES string of the molecule is C=C(CN1CCN(S(C)(=O)=O)CC1)C(=O)Nc1ccc(OC)c(Nc2ncc(Cl)c(Nc3ccccc3P(C)(C)=O)n2)c1. The van der Waals surface area contributed by atoms with Gasteiger partial charge < -0.3 is 25.3 Å². The molecule has 2 heterocycles. The number of hydrogen-bond donors (Lipinski definition) is 3. The number of amides is 1. The third kappa shape index (κ3) is 8.55. The molecule has 1 fully saturated rings. The van der Waals surface area contributed by atoms with Crippen molar-refractivity contribution in [2.75, 3.05) is 75.4 Å². The number of nitrogens with one attached hydrogen (secondary N) is 3. The highest BCUT2D eigenvalue weighted by atomic mass is 35.5. The maximum Gasteiger partial charge on any atom is 0.252 e. The molecule has 2 aromatic carbocycles. The molecule has 3 N–H and O–H groups in total. The Kier molecular flexibility index (Phi) is 10.1. The fourth-order valence-corrected chi connectivity index (χ4v) is 6.60. The molecule has 1 amide bonds. The van der Waals surface area contributed by atoms with Crippen LogP contribution in [0.15, 0.2) is 60.8 Å². The number of aromatic nitrogens is 2. The number of ether oxygens (including phenoxy) is 1. The number of hydrogen-bond acceptors (Lipinski definition) is 10. The van der Waals surface area contributed by atoms with Gasteiger partial charge in [0.25, 0.3) is 5.91 Å². The second kappa shape index (κ2) is 13.4. The number of piperazine rings is 1. The lowest BCUT2D eigenvalue weighted by Crippen LogP contribution is -2.49. The van der Waals surface area contributed by atoms with Gasteiger partial charge in [-0.05, 0) is 43.7 Å². The molecule has 0 radical (unpaired) electrons. The highest BCUT2D eigenvalue weighted by molar-refractivity contribution is 7.88. The largest absolute Gasteiger partial charge is 0.495 e. The van der Waals surface area contributed by atoms with Crippen molar-refractivity contribution in [3.05, 3.63) is 65.8 Å². The van der Waals surface area contributed by atoms with Crippen molar-refractivity contribution in [2.24, 2.45) is 0 Å². The summed E-state index contributed by atoms with van der Waals surface area (Å²) in [6, 6.07) is 12.3. The van der Waals surface area contributed by atoms with Gasteiger partial charge >= 0.3 is 0 Å². The summed E-state index contributed by atoms with van der Waals surface area (Å²) in [5, 5.41) is 10.1. The molecule has 43 heavy (non-hydrogen) atoms. The molecule has 15 heteroatoms. The van der Waals surface area contributed by atoms with Gasteiger partial charge in [0.15, 0.2) is 5.82 Å². The molecule has 0 unspecified atom stereocenters. The highest BCUT2D eigenvalue weighted by Crippen LogP contribution is 2.39. The van der Waals surface area contributed by atoms with Gasteiger partial charge in [-0.1, -0.05) is 30.3 Å². The van der Waals surface area contributed by atoms with E-state index < -0.39 is 17.2 Å². The van der Waals surface area contributed by atoms with Crippen LogP contribution in [-0.4, -0.2) is 92.9 Å². The summed E-state index contributed by atoms with van der Waals surface area (Å²) in [5.41, 5.74) is 1.95. The van der Waals surface area contributed by atoms with E-state index in [1.807, 2.05) is 17.0 Å². The number of anilines is 5. The number of methoxy groups -OCH3 is 1. The van der Waals surface area contributed by atoms with E-state index in [-0.39, 0.29) is 16.9 Å². The normalized spacial score (nSPS) is 14.6. The van der Waals surface area contributed by atoms with Crippen molar-refractivity contribution in [3.8, 4) is 5.75 Å². The van der Waals surface area contributed by atoms with E-state index in [2.05, 4.69) is 32.5 Å². The lowest BCUT2D eigenvalue weighted by molar-refractivity contribution is -0.113. The number of rotatable bonds is 11. The van der Waals surface area contributed by atoms with E-state index in [1.54, 1.807) is 43.7 Å². The molecule has 0 spiro atoms. The van der Waals surface area contributed by atoms with Crippen LogP contribution >= 0.6 is 18.7 Å². The van der Waals surface area contributed by atoms with Crippen molar-refractivity contribution in [1.29, 1.82) is 0 Å². The van der Waals surface area contributed by atoms with Crippen molar-refractivity contribution in [3.63, 3.8) is 0 Å². The second-order valence-corrected chi connectivity index (χ2v) is 16.0. The lowest BCUT2D eigenvalue weighted by Gasteiger charge is -2.33. The maximum atomic E-state index is 12.9. The molecule has 0 saturated carbocycles. The Balaban J connectivity index is 1.45. The standard InChI is InChI=1S/C28H35ClN7O5PS/c1-19(18-35-12-14-36(15-13-35)43(5,39)40)27(37)31-20-10-11-24(41-2)23(16-20)33-28-30-17-21(29)26(34-28)32-22-8-6-7-9-25(22)42(3,4)38/h6-11,16-17H,1,12-15,18H2,2-5H3,(H,31,37)(H2,30,32,33,34). The summed E-state index contributed by atoms with van der Waals surface area (Å²) in [6.07, 6.45) is 2.64. The first-order chi connectivity index (χ1) is 20.2. The lowest BCUT2D eigenvalue weighted by atomic mass is 10.2. The molecule has 3 aromatic rings. The van der Waals surface area contributed by atoms with E-state index in [4.69, 9.17) is 16.3 Å². The summed E-state index contributed by atoms with van der Waals surface area (Å²) in [6.45, 7) is 9.39. The molecule has 0 bridgehead atoms. The third-order valence-corrected chi connectivity index (χ3v) is 9.85. The first kappa shape index (κ1) is 32.4. The molecular weight excluding hydrogens is 613 g/mol. The fourth-order valence-electron chi connectivity index (χ4n) is 4.48. The molecule has 0 atom stereocenters. The van der Waals surface area contributed by atoms with Crippen LogP contribution in [0, 0.1) is 0 Å². The Morgan fingerprint density at radius 2 is 1.79 bits per heavy atom. The molecule has 1 saturated heterocycles. The van der Waals surface area contributed by atoms with Gasteiger partial charge in [-0.25, -0.2) is 13.4 Å². The smallest absolute Gasteiger partial charge is 0.252 e. The minimum atomic E-state index is -3.23. The molecule has 0 aliphatic carbocycles. The number of para-hydroxylation sites is 1. The van der Waals surface area contributed by atoms with E-state index in [1.165, 1.54) is 23.9 Å². The van der Waals surface area contributed by atoms with E-state index in [0.29, 0.717) is 72.2 Å². The number of nitrogens with zero attached hydrogens (tertiary/aromatic N) is 4. The van der Waals surface area contributed by atoms with Gasteiger partial charge in [0, 0.05) is 49.3 Å². The first-order valence-corrected chi connectivity index (χ1v) is 18.1. The number of carbonyl (C=O) groups excluding carboxylic acids is 1. The number of carbonyl (C=O) groups is 1. The molecule has 4 rings (SSSR count). The summed E-state index contributed by atoms with van der Waals surface area (Å²) in [5.74, 6) is 0.646. The first-order valence-electron chi connectivity index (χ1n) is 13.3. The van der Waals surface area contributed by atoms with Crippen molar-refractivity contribution < 1.29 is 22.5 Å². The second-order valence-electron chi connectivity index (χ2n) is 10.4. The van der Waals surface area contributed by atoms with Crippen LogP contribution in [-0.2, 0) is 19.4 Å². The van der Waals surface area contributed by atoms with Gasteiger partial charge in [0.05, 0.1) is 30.9 Å². The minimum Gasteiger partial charge on any atom is -0.495 e. The average molecular weight is 648 g/mol. The molecule has 1 aliphatic heterocycles. The molecule has 1 aromatic heterocycles. The molecule has 230 valence electrons. The average Bonchev–Trinajstić information content (AvgIpc) is 2.94. The molecule has 1 aliphatic rings. The summed E-state index contributed by atoms with van der Waals surface area (Å²) in [4.78, 5) is 23.7. The Bertz CT molecular complexity index is 1670. The van der Waals surface area contributed by atoms with E-state index >= 15 is 0 Å². The maximum absolute atomic E-state index is 12.9. The van der Waals surface area contributed by atoms with Crippen molar-refractivity contribution in [1.82, 2.24) is 19.2 Å². The topological polar surface area (TPSA) is 146 Å². The number of halogens is 1. The third-order valence-electron chi connectivity index (χ3n) is 6.72. The summed E-state index contributed by atoms with van der Waals surface area (Å²) in [7, 11) is -4.29. The monoisotopic (exact) mass is 647 g/mol. The van der Waals surface area contributed by atoms with E-state index in [0.717, 1.165) is 0 Å². The van der Waals surface area contributed by atoms with E-state index in [9.17, 15) is 17.8 Å². The predicted octanol–water partition coefficient (Wildman–Crippen LogP) is 3.95. The Hall–Kier alpha value is -3.48. The number of sulfonamides is 1. The Morgan fingerprint density at radius 1 is 1.09 bits per heavy atom. The molecular formula is C28H35ClN7O5PS. The minimum absolute atomic E-state index is 0.208. The van der Waals surface area contributed by atoms with Gasteiger partial charge in [0.2, 0.25) is 16.0 Å². The molecule has 12 nitrogen and oxygen atoms in total. The van der Waals surface area contributed by atoms with Gasteiger partial charge in [0.1, 0.15) is 17.9 Å². The van der Waals surface area contributed by atoms with Gasteiger partial charge in [-0.15, -0.1) is 0 Å². The van der Waals surface area contributed by atoms with Gasteiger partial charge in [-0.2, -0.15) is 9.29 Å². The van der Waals surface area contributed by atoms with Crippen LogP contribution in [0.4, 0.5) is 28.8 Å². The predicted molar refractivity (Wildman–Crippen MR) is 173 cm³/mol. The van der Waals surface area contributed by atoms with Crippen LogP contribution < -0.4 is 26.0 Å². The van der Waals surface area contributed by atoms with Crippen LogP contribution in [0.5, 0.6) is 5.75 Å². The Morgan fingerprint density at radius 3 is 2.44 bits per heavy atom. The summed E-state index contributed by atoms with van der Waals surface area (Å²) < 4.78 is 43.2. The number of benzene rings is 2. The zero-order chi connectivity index (χ0) is 31.4. The van der Waals surface area contributed by atoms with Crippen molar-refractivity contribution >= 4 is 68.8 Å². The zero-order valence-corrected chi connectivity index (χ0v) is 26.9. The van der Waals surface area contributed by atoms with Crippen molar-refractivity contribution in [2.45, 2.75) is 0 Å².